The van der Waals surface area contributed by atoms with Crippen molar-refractivity contribution < 1.29 is 8.63 Å². The van der Waals surface area contributed by atoms with Gasteiger partial charge in [0.25, 0.3) is 0 Å². The van der Waals surface area contributed by atoms with Gasteiger partial charge in [0.15, 0.2) is 11.5 Å². The van der Waals surface area contributed by atoms with Gasteiger partial charge in [-0.1, -0.05) is 12.1 Å². The molecule has 0 aliphatic heterocycles. The van der Waals surface area contributed by atoms with Gasteiger partial charge in [0.05, 0.1) is 11.0 Å². The van der Waals surface area contributed by atoms with Gasteiger partial charge >= 0.3 is 7.40 Å². The molecular formula is C16H11BF2N4. The van der Waals surface area contributed by atoms with Crippen molar-refractivity contribution in [1.29, 1.82) is 0 Å². The Morgan fingerprint density at radius 3 is 2.70 bits per heavy atom. The first kappa shape index (κ1) is 13.8. The number of aryl methyl sites for hydroxylation is 1. The zero-order valence-electron chi connectivity index (χ0n) is 12.2. The van der Waals surface area contributed by atoms with E-state index >= 15 is 0 Å². The molecule has 0 unspecified atom stereocenters. The molecule has 0 amide bonds. The lowest BCUT2D eigenvalue weighted by Crippen LogP contribution is -2.14. The molecule has 3 heterocycles. The molecule has 0 saturated heterocycles. The molecule has 4 aromatic rings. The van der Waals surface area contributed by atoms with Crippen molar-refractivity contribution in [2.75, 3.05) is 0 Å². The SMILES string of the molecule is Cc1cccc2c1nc(-c1ccc3cccnc3n1)n2B(F)F. The van der Waals surface area contributed by atoms with E-state index in [0.717, 1.165) is 15.4 Å². The molecule has 23 heavy (non-hydrogen) atoms. The summed E-state index contributed by atoms with van der Waals surface area (Å²) in [4.78, 5) is 13.0. The van der Waals surface area contributed by atoms with Crippen LogP contribution in [0.25, 0.3) is 33.6 Å². The molecule has 3 aromatic heterocycles. The van der Waals surface area contributed by atoms with Crippen molar-refractivity contribution in [3.05, 3.63) is 54.2 Å². The number of imidazole rings is 1. The maximum Gasteiger partial charge on any atom is 0.679 e. The number of halogens is 2. The van der Waals surface area contributed by atoms with Crippen molar-refractivity contribution in [3.63, 3.8) is 0 Å². The van der Waals surface area contributed by atoms with Crippen LogP contribution in [0.1, 0.15) is 5.56 Å². The summed E-state index contributed by atoms with van der Waals surface area (Å²) >= 11 is 0. The molecular weight excluding hydrogens is 297 g/mol. The van der Waals surface area contributed by atoms with Gasteiger partial charge in [-0.15, -0.1) is 0 Å². The molecule has 0 saturated carbocycles. The van der Waals surface area contributed by atoms with Crippen molar-refractivity contribution in [1.82, 2.24) is 19.4 Å². The third kappa shape index (κ3) is 2.16. The van der Waals surface area contributed by atoms with Crippen LogP contribution in [0.15, 0.2) is 48.7 Å². The van der Waals surface area contributed by atoms with E-state index in [0.29, 0.717) is 22.4 Å². The highest BCUT2D eigenvalue weighted by Gasteiger charge is 2.26. The van der Waals surface area contributed by atoms with Crippen LogP contribution in [0.5, 0.6) is 0 Å². The van der Waals surface area contributed by atoms with Gasteiger partial charge in [-0.05, 0) is 42.8 Å². The molecule has 0 radical (unpaired) electrons. The number of benzene rings is 1. The van der Waals surface area contributed by atoms with Crippen molar-refractivity contribution in [3.8, 4) is 11.5 Å². The third-order valence-corrected chi connectivity index (χ3v) is 3.81. The molecule has 0 N–H and O–H groups in total. The van der Waals surface area contributed by atoms with Crippen molar-refractivity contribution >= 4 is 29.5 Å². The van der Waals surface area contributed by atoms with Crippen LogP contribution in [0.2, 0.25) is 0 Å². The standard InChI is InChI=1S/C16H11BF2N4/c1-10-4-2-6-13-14(10)22-16(23(13)17(18)19)12-8-7-11-5-3-9-20-15(11)21-12/h2-9H,1H3. The summed E-state index contributed by atoms with van der Waals surface area (Å²) < 4.78 is 28.1. The fourth-order valence-corrected chi connectivity index (χ4v) is 2.71. The smallest absolute Gasteiger partial charge is 0.307 e. The lowest BCUT2D eigenvalue weighted by molar-refractivity contribution is 0.635. The largest absolute Gasteiger partial charge is 0.679 e. The molecule has 1 aromatic carbocycles. The summed E-state index contributed by atoms with van der Waals surface area (Å²) in [6, 6.07) is 12.4. The van der Waals surface area contributed by atoms with E-state index in [1.807, 2.05) is 25.1 Å². The van der Waals surface area contributed by atoms with E-state index in [1.54, 1.807) is 30.5 Å². The van der Waals surface area contributed by atoms with Crippen molar-refractivity contribution in [2.24, 2.45) is 0 Å². The molecule has 0 aliphatic carbocycles. The summed E-state index contributed by atoms with van der Waals surface area (Å²) in [6.45, 7) is 1.85. The predicted molar refractivity (Wildman–Crippen MR) is 86.4 cm³/mol. The highest BCUT2D eigenvalue weighted by atomic mass is 19.2. The molecule has 7 heteroatoms. The predicted octanol–water partition coefficient (Wildman–Crippen LogP) is 3.73. The van der Waals surface area contributed by atoms with Gasteiger partial charge in [-0.25, -0.2) is 15.0 Å². The third-order valence-electron chi connectivity index (χ3n) is 3.81. The molecule has 0 bridgehead atoms. The van der Waals surface area contributed by atoms with Crippen LogP contribution < -0.4 is 0 Å². The monoisotopic (exact) mass is 308 g/mol. The number of aromatic nitrogens is 4. The van der Waals surface area contributed by atoms with Crippen molar-refractivity contribution in [2.45, 2.75) is 6.92 Å². The molecule has 0 atom stereocenters. The first-order valence-corrected chi connectivity index (χ1v) is 7.13. The highest BCUT2D eigenvalue weighted by Crippen LogP contribution is 2.27. The minimum absolute atomic E-state index is 0.150. The van der Waals surface area contributed by atoms with E-state index in [-0.39, 0.29) is 5.82 Å². The highest BCUT2D eigenvalue weighted by molar-refractivity contribution is 6.43. The Kier molecular flexibility index (Phi) is 3.07. The minimum Gasteiger partial charge on any atom is -0.307 e. The normalized spacial score (nSPS) is 11.3. The fraction of sp³-hybridized carbons (Fsp3) is 0.0625. The van der Waals surface area contributed by atoms with Gasteiger partial charge in [0.2, 0.25) is 0 Å². The first-order valence-electron chi connectivity index (χ1n) is 7.13. The lowest BCUT2D eigenvalue weighted by atomic mass is 10.1. The lowest BCUT2D eigenvalue weighted by Gasteiger charge is -2.05. The molecule has 4 rings (SSSR count). The van der Waals surface area contributed by atoms with Gasteiger partial charge in [-0.2, -0.15) is 0 Å². The van der Waals surface area contributed by atoms with E-state index in [4.69, 9.17) is 0 Å². The Morgan fingerprint density at radius 2 is 1.87 bits per heavy atom. The number of fused-ring (bicyclic) bond motifs is 2. The van der Waals surface area contributed by atoms with Crippen LogP contribution in [0.4, 0.5) is 8.63 Å². The second-order valence-corrected chi connectivity index (χ2v) is 5.27. The van der Waals surface area contributed by atoms with Gasteiger partial charge in [0, 0.05) is 11.6 Å². The number of rotatable bonds is 2. The average Bonchev–Trinajstić information content (AvgIpc) is 2.95. The molecule has 0 fully saturated rings. The van der Waals surface area contributed by atoms with E-state index in [2.05, 4.69) is 15.0 Å². The minimum atomic E-state index is -2.70. The van der Waals surface area contributed by atoms with Crippen LogP contribution in [0, 0.1) is 6.92 Å². The number of hydrogen-bond donors (Lipinski definition) is 0. The Hall–Kier alpha value is -2.83. The molecule has 0 aliphatic rings. The maximum absolute atomic E-state index is 13.6. The van der Waals surface area contributed by atoms with Crippen LogP contribution >= 0.6 is 0 Å². The quantitative estimate of drug-likeness (QED) is 0.530. The van der Waals surface area contributed by atoms with E-state index < -0.39 is 7.40 Å². The Morgan fingerprint density at radius 1 is 1.00 bits per heavy atom. The molecule has 112 valence electrons. The summed E-state index contributed by atoms with van der Waals surface area (Å²) in [5.41, 5.74) is 2.70. The maximum atomic E-state index is 13.6. The summed E-state index contributed by atoms with van der Waals surface area (Å²) in [7, 11) is -2.70. The Labute approximate surface area is 131 Å². The number of pyridine rings is 2. The topological polar surface area (TPSA) is 43.6 Å². The number of hydrogen-bond acceptors (Lipinski definition) is 3. The Balaban J connectivity index is 2.03. The van der Waals surface area contributed by atoms with Gasteiger partial charge < -0.3 is 4.48 Å². The van der Waals surface area contributed by atoms with Gasteiger partial charge in [0.1, 0.15) is 5.69 Å². The number of nitrogens with zero attached hydrogens (tertiary/aromatic N) is 4. The summed E-state index contributed by atoms with van der Waals surface area (Å²) in [5, 5.41) is 0.854. The zero-order chi connectivity index (χ0) is 16.0. The first-order chi connectivity index (χ1) is 11.1. The second kappa shape index (κ2) is 5.12. The number of para-hydroxylation sites is 1. The molecule has 0 spiro atoms. The average molecular weight is 308 g/mol. The molecule has 4 nitrogen and oxygen atoms in total. The van der Waals surface area contributed by atoms with E-state index in [1.165, 1.54) is 0 Å². The van der Waals surface area contributed by atoms with E-state index in [9.17, 15) is 8.63 Å². The zero-order valence-corrected chi connectivity index (χ0v) is 12.2. The van der Waals surface area contributed by atoms with Gasteiger partial charge in [-0.3, -0.25) is 8.63 Å². The van der Waals surface area contributed by atoms with Crippen LogP contribution in [0.3, 0.4) is 0 Å². The van der Waals surface area contributed by atoms with Crippen LogP contribution in [-0.4, -0.2) is 26.8 Å². The summed E-state index contributed by atoms with van der Waals surface area (Å²) in [5.74, 6) is 0.150. The Bertz CT molecular complexity index is 1030. The fourth-order valence-electron chi connectivity index (χ4n) is 2.71. The second-order valence-electron chi connectivity index (χ2n) is 5.27. The van der Waals surface area contributed by atoms with Crippen LogP contribution in [-0.2, 0) is 0 Å². The summed E-state index contributed by atoms with van der Waals surface area (Å²) in [6.07, 6.45) is 1.62.